The minimum Gasteiger partial charge on any atom is -0.378 e. The van der Waals surface area contributed by atoms with Gasteiger partial charge in [0.2, 0.25) is 0 Å². The monoisotopic (exact) mass is 577 g/mol. The fourth-order valence-corrected chi connectivity index (χ4v) is 10.3. The third kappa shape index (κ3) is 7.06. The van der Waals surface area contributed by atoms with Crippen molar-refractivity contribution in [2.45, 2.75) is 123 Å². The smallest absolute Gasteiger partial charge is 0.119 e. The Bertz CT molecular complexity index is 800. The molecular weight excluding hydrogens is 514 g/mol. The van der Waals surface area contributed by atoms with Crippen LogP contribution < -0.4 is 17.2 Å². The van der Waals surface area contributed by atoms with Gasteiger partial charge in [0, 0.05) is 31.7 Å². The number of ether oxygens (including phenoxy) is 3. The van der Waals surface area contributed by atoms with Crippen molar-refractivity contribution in [2.24, 2.45) is 63.5 Å². The van der Waals surface area contributed by atoms with Gasteiger partial charge < -0.3 is 36.2 Å². The lowest BCUT2D eigenvalue weighted by Crippen LogP contribution is -2.63. The molecule has 0 aromatic carbocycles. The Morgan fingerprint density at radius 3 is 2.20 bits per heavy atom. The molecule has 4 aliphatic carbocycles. The van der Waals surface area contributed by atoms with Crippen LogP contribution in [0.25, 0.3) is 0 Å². The molecule has 0 aliphatic heterocycles. The first kappa shape index (κ1) is 33.3. The average Bonchev–Trinajstić information content (AvgIpc) is 3.32. The number of hydrogen-bond acceptors (Lipinski definition) is 7. The molecule has 5 unspecified atom stereocenters. The van der Waals surface area contributed by atoms with Gasteiger partial charge in [0.15, 0.2) is 0 Å². The fourth-order valence-electron chi connectivity index (χ4n) is 10.3. The largest absolute Gasteiger partial charge is 0.378 e. The Morgan fingerprint density at radius 1 is 0.829 bits per heavy atom. The van der Waals surface area contributed by atoms with Crippen LogP contribution in [0, 0.1) is 46.3 Å². The highest BCUT2D eigenvalue weighted by Gasteiger charge is 2.66. The lowest BCUT2D eigenvalue weighted by Gasteiger charge is -2.65. The van der Waals surface area contributed by atoms with Gasteiger partial charge in [-0.05, 0) is 131 Å². The molecule has 4 aliphatic rings. The van der Waals surface area contributed by atoms with Crippen molar-refractivity contribution in [1.82, 2.24) is 0 Å². The van der Waals surface area contributed by atoms with E-state index in [0.717, 1.165) is 83.9 Å². The van der Waals surface area contributed by atoms with Gasteiger partial charge in [-0.3, -0.25) is 0 Å². The first-order valence-corrected chi connectivity index (χ1v) is 17.2. The zero-order valence-electron chi connectivity index (χ0n) is 26.6. The zero-order chi connectivity index (χ0) is 29.5. The number of hydrogen-bond donors (Lipinski definition) is 3. The van der Waals surface area contributed by atoms with Crippen LogP contribution in [0.4, 0.5) is 0 Å². The summed E-state index contributed by atoms with van der Waals surface area (Å²) in [5, 5.41) is 0. The summed E-state index contributed by atoms with van der Waals surface area (Å²) in [6, 6.07) is 0. The van der Waals surface area contributed by atoms with Crippen LogP contribution >= 0.6 is 0 Å². The molecule has 0 radical (unpaired) electrons. The average molecular weight is 578 g/mol. The lowest BCUT2D eigenvalue weighted by atomic mass is 9.43. The van der Waals surface area contributed by atoms with E-state index in [9.17, 15) is 4.79 Å². The predicted octanol–water partition coefficient (Wildman–Crippen LogP) is 5.07. The molecule has 4 saturated carbocycles. The molecule has 4 rings (SSSR count). The molecule has 0 spiro atoms. The molecule has 238 valence electrons. The van der Waals surface area contributed by atoms with Crippen LogP contribution in [0.3, 0.4) is 0 Å². The second kappa shape index (κ2) is 15.4. The van der Waals surface area contributed by atoms with Crippen LogP contribution in [0.15, 0.2) is 0 Å². The molecule has 0 bridgehead atoms. The Balaban J connectivity index is 1.63. The van der Waals surface area contributed by atoms with Crippen LogP contribution in [-0.2, 0) is 19.0 Å². The van der Waals surface area contributed by atoms with E-state index in [1.807, 2.05) is 0 Å². The second-order valence-corrected chi connectivity index (χ2v) is 14.6. The van der Waals surface area contributed by atoms with Crippen LogP contribution in [0.2, 0.25) is 0 Å². The van der Waals surface area contributed by atoms with Crippen molar-refractivity contribution in [3.63, 3.8) is 0 Å². The molecular formula is C34H63N3O4. The molecule has 0 amide bonds. The van der Waals surface area contributed by atoms with Crippen molar-refractivity contribution >= 4 is 6.29 Å². The van der Waals surface area contributed by atoms with Gasteiger partial charge in [-0.1, -0.05) is 27.2 Å². The highest BCUT2D eigenvalue weighted by atomic mass is 16.5. The highest BCUT2D eigenvalue weighted by molar-refractivity contribution is 5.48. The summed E-state index contributed by atoms with van der Waals surface area (Å²) in [6.45, 7) is 11.9. The Hall–Kier alpha value is -0.570. The van der Waals surface area contributed by atoms with Gasteiger partial charge in [0.05, 0.1) is 18.3 Å². The van der Waals surface area contributed by atoms with Gasteiger partial charge in [-0.25, -0.2) is 0 Å². The second-order valence-electron chi connectivity index (χ2n) is 14.6. The van der Waals surface area contributed by atoms with Crippen molar-refractivity contribution < 1.29 is 19.0 Å². The SMILES string of the molecule is C[C@H](CCCC=O)C1CC[C@H]2C3[C@H](OCCCN)CC4C[C@H](OCCCN)CCC4(C)[C@H]3C[C@H](OCCCN)C12C. The Kier molecular flexibility index (Phi) is 12.5. The van der Waals surface area contributed by atoms with E-state index in [4.69, 9.17) is 31.4 Å². The standard InChI is InChI=1S/C34H63N3O4/c1-24(9-4-5-17-38)27-10-11-28-32-29(23-31(34(27,28)3)41-20-8-16-37)33(2)13-12-26(39-18-6-14-35)21-25(33)22-30(32)40-19-7-15-36/h17,24-32H,4-16,18-23,35-37H2,1-3H3/t24-,25?,26-,27?,28+,29+,30-,31+,32?,33?,34?/m1/s1. The summed E-state index contributed by atoms with van der Waals surface area (Å²) in [4.78, 5) is 11.1. The summed E-state index contributed by atoms with van der Waals surface area (Å²) >= 11 is 0. The number of aldehydes is 1. The topological polar surface area (TPSA) is 123 Å². The van der Waals surface area contributed by atoms with E-state index in [0.29, 0.717) is 67.7 Å². The maximum atomic E-state index is 11.1. The van der Waals surface area contributed by atoms with E-state index in [1.54, 1.807) is 0 Å². The minimum atomic E-state index is 0.123. The molecule has 11 atom stereocenters. The normalized spacial score (nSPS) is 40.9. The van der Waals surface area contributed by atoms with Gasteiger partial charge >= 0.3 is 0 Å². The zero-order valence-corrected chi connectivity index (χ0v) is 26.6. The molecule has 7 nitrogen and oxygen atoms in total. The number of carbonyl (C=O) groups is 1. The molecule has 4 fully saturated rings. The van der Waals surface area contributed by atoms with E-state index < -0.39 is 0 Å². The Morgan fingerprint density at radius 2 is 1.51 bits per heavy atom. The summed E-state index contributed by atoms with van der Waals surface area (Å²) in [7, 11) is 0. The van der Waals surface area contributed by atoms with E-state index in [-0.39, 0.29) is 23.0 Å². The Labute approximate surface area is 250 Å². The molecule has 7 heteroatoms. The van der Waals surface area contributed by atoms with Gasteiger partial charge in [-0.2, -0.15) is 0 Å². The predicted molar refractivity (Wildman–Crippen MR) is 165 cm³/mol. The summed E-state index contributed by atoms with van der Waals surface area (Å²) in [6.07, 6.45) is 15.8. The third-order valence-electron chi connectivity index (χ3n) is 12.5. The molecule has 0 saturated heterocycles. The molecule has 41 heavy (non-hydrogen) atoms. The van der Waals surface area contributed by atoms with Gasteiger partial charge in [0.1, 0.15) is 6.29 Å². The minimum absolute atomic E-state index is 0.123. The number of unbranched alkanes of at least 4 members (excludes halogenated alkanes) is 1. The van der Waals surface area contributed by atoms with E-state index in [1.165, 1.54) is 19.3 Å². The first-order chi connectivity index (χ1) is 19.8. The maximum Gasteiger partial charge on any atom is 0.119 e. The van der Waals surface area contributed by atoms with Crippen LogP contribution in [-0.4, -0.2) is 64.1 Å². The van der Waals surface area contributed by atoms with Crippen molar-refractivity contribution in [3.05, 3.63) is 0 Å². The third-order valence-corrected chi connectivity index (χ3v) is 12.5. The summed E-state index contributed by atoms with van der Waals surface area (Å²) in [5.41, 5.74) is 18.0. The number of fused-ring (bicyclic) bond motifs is 5. The number of nitrogens with two attached hydrogens (primary N) is 3. The van der Waals surface area contributed by atoms with Crippen molar-refractivity contribution in [3.8, 4) is 0 Å². The molecule has 0 aromatic heterocycles. The number of carbonyl (C=O) groups excluding carboxylic acids is 1. The van der Waals surface area contributed by atoms with Crippen molar-refractivity contribution in [1.29, 1.82) is 0 Å². The quantitative estimate of drug-likeness (QED) is 0.163. The van der Waals surface area contributed by atoms with Crippen LogP contribution in [0.1, 0.15) is 104 Å². The van der Waals surface area contributed by atoms with Gasteiger partial charge in [0.25, 0.3) is 0 Å². The fraction of sp³-hybridized carbons (Fsp3) is 0.971. The van der Waals surface area contributed by atoms with Crippen LogP contribution in [0.5, 0.6) is 0 Å². The highest BCUT2D eigenvalue weighted by Crippen LogP contribution is 2.69. The van der Waals surface area contributed by atoms with E-state index in [2.05, 4.69) is 20.8 Å². The van der Waals surface area contributed by atoms with Crippen molar-refractivity contribution in [2.75, 3.05) is 39.5 Å². The van der Waals surface area contributed by atoms with E-state index >= 15 is 0 Å². The maximum absolute atomic E-state index is 11.1. The van der Waals surface area contributed by atoms with Gasteiger partial charge in [-0.15, -0.1) is 0 Å². The molecule has 0 heterocycles. The first-order valence-electron chi connectivity index (χ1n) is 17.2. The number of rotatable bonds is 17. The summed E-state index contributed by atoms with van der Waals surface area (Å²) in [5.74, 6) is 3.57. The lowest BCUT2D eigenvalue weighted by molar-refractivity contribution is -0.227. The summed E-state index contributed by atoms with van der Waals surface area (Å²) < 4.78 is 20.1. The molecule has 6 N–H and O–H groups in total. The molecule has 0 aromatic rings.